The van der Waals surface area contributed by atoms with Crippen LogP contribution < -0.4 is 5.32 Å². The van der Waals surface area contributed by atoms with Crippen molar-refractivity contribution in [3.8, 4) is 0 Å². The lowest BCUT2D eigenvalue weighted by atomic mass is 10.1. The van der Waals surface area contributed by atoms with Gasteiger partial charge in [0.2, 0.25) is 0 Å². The number of hydrogen-bond acceptors (Lipinski definition) is 5. The van der Waals surface area contributed by atoms with Crippen LogP contribution in [0.2, 0.25) is 5.02 Å². The molecule has 1 aromatic carbocycles. The Balaban J connectivity index is 2.12. The SMILES string of the molecule is CNC(c1cc2cccc(Cl)c2o1)c1snnc1C. The van der Waals surface area contributed by atoms with Gasteiger partial charge in [0.05, 0.1) is 15.6 Å². The van der Waals surface area contributed by atoms with E-state index >= 15 is 0 Å². The van der Waals surface area contributed by atoms with E-state index in [0.29, 0.717) is 5.02 Å². The van der Waals surface area contributed by atoms with Crippen molar-refractivity contribution in [3.05, 3.63) is 45.6 Å². The second kappa shape index (κ2) is 4.92. The van der Waals surface area contributed by atoms with Crippen molar-refractivity contribution in [2.75, 3.05) is 7.05 Å². The summed E-state index contributed by atoms with van der Waals surface area (Å²) in [6, 6.07) is 7.67. The number of halogens is 1. The highest BCUT2D eigenvalue weighted by molar-refractivity contribution is 7.05. The Bertz CT molecular complexity index is 722. The van der Waals surface area contributed by atoms with E-state index in [2.05, 4.69) is 14.9 Å². The van der Waals surface area contributed by atoms with Crippen molar-refractivity contribution in [2.45, 2.75) is 13.0 Å². The quantitative estimate of drug-likeness (QED) is 0.802. The average molecular weight is 294 g/mol. The summed E-state index contributed by atoms with van der Waals surface area (Å²) < 4.78 is 9.86. The minimum Gasteiger partial charge on any atom is -0.457 e. The average Bonchev–Trinajstić information content (AvgIpc) is 2.99. The Morgan fingerprint density at radius 2 is 2.26 bits per heavy atom. The summed E-state index contributed by atoms with van der Waals surface area (Å²) in [7, 11) is 1.89. The van der Waals surface area contributed by atoms with Crippen LogP contribution in [-0.2, 0) is 0 Å². The Hall–Kier alpha value is -1.43. The number of aryl methyl sites for hydroxylation is 1. The third-order valence-corrected chi connectivity index (χ3v) is 4.23. The molecule has 0 saturated carbocycles. The zero-order valence-electron chi connectivity index (χ0n) is 10.5. The molecule has 0 saturated heterocycles. The van der Waals surface area contributed by atoms with Crippen LogP contribution >= 0.6 is 23.1 Å². The summed E-state index contributed by atoms with van der Waals surface area (Å²) in [5, 5.41) is 8.90. The molecule has 0 aliphatic carbocycles. The molecule has 2 heterocycles. The van der Waals surface area contributed by atoms with Crippen molar-refractivity contribution in [1.29, 1.82) is 0 Å². The maximum absolute atomic E-state index is 6.14. The summed E-state index contributed by atoms with van der Waals surface area (Å²) in [4.78, 5) is 1.05. The summed E-state index contributed by atoms with van der Waals surface area (Å²) in [5.74, 6) is 0.819. The molecule has 0 aliphatic heterocycles. The molecule has 2 aromatic heterocycles. The second-order valence-corrected chi connectivity index (χ2v) is 5.44. The lowest BCUT2D eigenvalue weighted by Gasteiger charge is -2.11. The smallest absolute Gasteiger partial charge is 0.152 e. The van der Waals surface area contributed by atoms with Gasteiger partial charge in [-0.05, 0) is 37.6 Å². The van der Waals surface area contributed by atoms with Crippen LogP contribution in [0.3, 0.4) is 0 Å². The van der Waals surface area contributed by atoms with Gasteiger partial charge >= 0.3 is 0 Å². The molecule has 0 radical (unpaired) electrons. The molecule has 1 unspecified atom stereocenters. The number of hydrogen-bond donors (Lipinski definition) is 1. The fourth-order valence-electron chi connectivity index (χ4n) is 2.09. The molecule has 0 spiro atoms. The van der Waals surface area contributed by atoms with Crippen LogP contribution in [0.15, 0.2) is 28.7 Å². The van der Waals surface area contributed by atoms with Gasteiger partial charge in [0.15, 0.2) is 5.58 Å². The molecule has 6 heteroatoms. The fraction of sp³-hybridized carbons (Fsp3) is 0.231. The Kier molecular flexibility index (Phi) is 3.26. The van der Waals surface area contributed by atoms with E-state index in [1.807, 2.05) is 38.2 Å². The summed E-state index contributed by atoms with van der Waals surface area (Å²) >= 11 is 7.51. The predicted octanol–water partition coefficient (Wildman–Crippen LogP) is 3.55. The Morgan fingerprint density at radius 1 is 1.42 bits per heavy atom. The van der Waals surface area contributed by atoms with Crippen LogP contribution in [0.4, 0.5) is 0 Å². The van der Waals surface area contributed by atoms with Crippen LogP contribution in [-0.4, -0.2) is 16.6 Å². The highest BCUT2D eigenvalue weighted by Gasteiger charge is 2.21. The zero-order chi connectivity index (χ0) is 13.4. The van der Waals surface area contributed by atoms with E-state index in [1.54, 1.807) is 0 Å². The van der Waals surface area contributed by atoms with E-state index in [9.17, 15) is 0 Å². The molecule has 3 rings (SSSR count). The lowest BCUT2D eigenvalue weighted by Crippen LogP contribution is -2.16. The van der Waals surface area contributed by atoms with Crippen molar-refractivity contribution in [2.24, 2.45) is 0 Å². The van der Waals surface area contributed by atoms with E-state index in [-0.39, 0.29) is 6.04 Å². The molecule has 1 atom stereocenters. The molecule has 19 heavy (non-hydrogen) atoms. The molecular weight excluding hydrogens is 282 g/mol. The van der Waals surface area contributed by atoms with Gasteiger partial charge in [-0.1, -0.05) is 28.2 Å². The summed E-state index contributed by atoms with van der Waals surface area (Å²) in [6.45, 7) is 1.94. The van der Waals surface area contributed by atoms with Gasteiger partial charge in [-0.15, -0.1) is 5.10 Å². The van der Waals surface area contributed by atoms with Gasteiger partial charge in [0, 0.05) is 5.39 Å². The normalized spacial score (nSPS) is 13.0. The molecule has 0 fully saturated rings. The molecule has 3 aromatic rings. The predicted molar refractivity (Wildman–Crippen MR) is 76.8 cm³/mol. The summed E-state index contributed by atoms with van der Waals surface area (Å²) in [6.07, 6.45) is 0. The first kappa shape index (κ1) is 12.6. The number of aromatic nitrogens is 2. The first-order valence-electron chi connectivity index (χ1n) is 5.84. The van der Waals surface area contributed by atoms with Gasteiger partial charge < -0.3 is 9.73 Å². The maximum Gasteiger partial charge on any atom is 0.152 e. The highest BCUT2D eigenvalue weighted by atomic mass is 35.5. The number of fused-ring (bicyclic) bond motifs is 1. The zero-order valence-corrected chi connectivity index (χ0v) is 12.0. The van der Waals surface area contributed by atoms with Crippen LogP contribution in [0, 0.1) is 6.92 Å². The first-order chi connectivity index (χ1) is 9.20. The first-order valence-corrected chi connectivity index (χ1v) is 7.00. The molecule has 0 amide bonds. The van der Waals surface area contributed by atoms with Gasteiger partial charge in [0.25, 0.3) is 0 Å². The van der Waals surface area contributed by atoms with E-state index in [1.165, 1.54) is 11.5 Å². The number of benzene rings is 1. The van der Waals surface area contributed by atoms with Gasteiger partial charge in [-0.3, -0.25) is 0 Å². The standard InChI is InChI=1S/C13H12ClN3OS/c1-7-13(19-17-16-7)11(15-2)10-6-8-4-3-5-9(14)12(8)18-10/h3-6,11,15H,1-2H3. The largest absolute Gasteiger partial charge is 0.457 e. The van der Waals surface area contributed by atoms with Crippen molar-refractivity contribution < 1.29 is 4.42 Å². The number of para-hydroxylation sites is 1. The Labute approximate surface area is 119 Å². The molecule has 1 N–H and O–H groups in total. The second-order valence-electron chi connectivity index (χ2n) is 4.25. The molecule has 98 valence electrons. The van der Waals surface area contributed by atoms with Crippen molar-refractivity contribution in [1.82, 2.24) is 14.9 Å². The van der Waals surface area contributed by atoms with Crippen molar-refractivity contribution >= 4 is 34.1 Å². The Morgan fingerprint density at radius 3 is 2.89 bits per heavy atom. The van der Waals surface area contributed by atoms with Crippen LogP contribution in [0.5, 0.6) is 0 Å². The highest BCUT2D eigenvalue weighted by Crippen LogP contribution is 2.33. The number of nitrogens with one attached hydrogen (secondary N) is 1. The van der Waals surface area contributed by atoms with Gasteiger partial charge in [0.1, 0.15) is 11.8 Å². The number of rotatable bonds is 3. The fourth-order valence-corrected chi connectivity index (χ4v) is 3.08. The van der Waals surface area contributed by atoms with E-state index < -0.39 is 0 Å². The third-order valence-electron chi connectivity index (χ3n) is 3.04. The minimum absolute atomic E-state index is 0.0523. The number of nitrogens with zero attached hydrogens (tertiary/aromatic N) is 2. The molecular formula is C13H12ClN3OS. The van der Waals surface area contributed by atoms with Gasteiger partial charge in [-0.25, -0.2) is 0 Å². The third kappa shape index (κ3) is 2.14. The van der Waals surface area contributed by atoms with Gasteiger partial charge in [-0.2, -0.15) is 0 Å². The topological polar surface area (TPSA) is 51.0 Å². The molecule has 0 aliphatic rings. The minimum atomic E-state index is -0.0523. The van der Waals surface area contributed by atoms with E-state index in [4.69, 9.17) is 16.0 Å². The van der Waals surface area contributed by atoms with Crippen molar-refractivity contribution in [3.63, 3.8) is 0 Å². The van der Waals surface area contributed by atoms with E-state index in [0.717, 1.165) is 27.3 Å². The molecule has 4 nitrogen and oxygen atoms in total. The van der Waals surface area contributed by atoms with Crippen LogP contribution in [0.1, 0.15) is 22.4 Å². The molecule has 0 bridgehead atoms. The van der Waals surface area contributed by atoms with Crippen LogP contribution in [0.25, 0.3) is 11.0 Å². The summed E-state index contributed by atoms with van der Waals surface area (Å²) in [5.41, 5.74) is 1.63. The number of furan rings is 1. The lowest BCUT2D eigenvalue weighted by molar-refractivity contribution is 0.494. The monoisotopic (exact) mass is 293 g/mol. The maximum atomic E-state index is 6.14.